The molecule has 2 N–H and O–H groups in total. The number of alkyl halides is 1. The van der Waals surface area contributed by atoms with E-state index in [4.69, 9.17) is 0 Å². The Morgan fingerprint density at radius 3 is 2.39 bits per heavy atom. The molecule has 1 saturated carbocycles. The van der Waals surface area contributed by atoms with Crippen LogP contribution in [0, 0.1) is 17.3 Å². The summed E-state index contributed by atoms with van der Waals surface area (Å²) in [5, 5.41) is 20.8. The first-order valence-electron chi connectivity index (χ1n) is 6.78. The monoisotopic (exact) mass is 364 g/mol. The van der Waals surface area contributed by atoms with Crippen LogP contribution in [-0.4, -0.2) is 25.3 Å². The predicted octanol–water partition coefficient (Wildman–Crippen LogP) is 3.29. The highest BCUT2D eigenvalue weighted by molar-refractivity contribution is 14.1. The summed E-state index contributed by atoms with van der Waals surface area (Å²) >= 11 is 2.33. The molecule has 3 heteroatoms. The second-order valence-electron chi connectivity index (χ2n) is 6.22. The van der Waals surface area contributed by atoms with Crippen molar-refractivity contribution in [2.45, 2.75) is 74.9 Å². The minimum Gasteiger partial charge on any atom is -0.380 e. The van der Waals surface area contributed by atoms with E-state index in [1.165, 1.54) is 0 Å². The van der Waals surface area contributed by atoms with Crippen LogP contribution in [0.5, 0.6) is 0 Å². The van der Waals surface area contributed by atoms with Gasteiger partial charge in [0, 0.05) is 5.41 Å². The van der Waals surface area contributed by atoms with Gasteiger partial charge in [0.05, 0.1) is 3.42 Å². The molecule has 0 heterocycles. The molecular formula is C15H25IO2. The average molecular weight is 364 g/mol. The minimum absolute atomic E-state index is 0.236. The fourth-order valence-electron chi connectivity index (χ4n) is 2.76. The Bertz CT molecular complexity index is 333. The molecule has 0 aromatic heterocycles. The summed E-state index contributed by atoms with van der Waals surface area (Å²) < 4.78 is -0.258. The molecule has 0 aromatic rings. The lowest BCUT2D eigenvalue weighted by molar-refractivity contribution is -0.0656. The Morgan fingerprint density at radius 1 is 1.28 bits per heavy atom. The second kappa shape index (κ2) is 5.68. The van der Waals surface area contributed by atoms with Gasteiger partial charge in [0.15, 0.2) is 0 Å². The van der Waals surface area contributed by atoms with Crippen LogP contribution in [0.4, 0.5) is 0 Å². The van der Waals surface area contributed by atoms with Crippen molar-refractivity contribution in [2.24, 2.45) is 5.41 Å². The molecule has 1 fully saturated rings. The third-order valence-electron chi connectivity index (χ3n) is 4.16. The van der Waals surface area contributed by atoms with Crippen molar-refractivity contribution in [1.82, 2.24) is 0 Å². The molecule has 1 aliphatic rings. The molecule has 3 atom stereocenters. The zero-order valence-electron chi connectivity index (χ0n) is 11.9. The Balaban J connectivity index is 3.04. The van der Waals surface area contributed by atoms with E-state index in [1.54, 1.807) is 0 Å². The van der Waals surface area contributed by atoms with Crippen LogP contribution in [0.2, 0.25) is 0 Å². The SMILES string of the molecule is CCCC(O)C#CC1(O)C(C)(C)CCCC1(C)I. The van der Waals surface area contributed by atoms with Crippen molar-refractivity contribution in [1.29, 1.82) is 0 Å². The van der Waals surface area contributed by atoms with Gasteiger partial charge in [-0.05, 0) is 26.2 Å². The summed E-state index contributed by atoms with van der Waals surface area (Å²) in [7, 11) is 0. The summed E-state index contributed by atoms with van der Waals surface area (Å²) in [5.74, 6) is 5.87. The van der Waals surface area contributed by atoms with E-state index in [1.807, 2.05) is 6.92 Å². The van der Waals surface area contributed by atoms with Crippen LogP contribution in [0.25, 0.3) is 0 Å². The van der Waals surface area contributed by atoms with Gasteiger partial charge in [0.1, 0.15) is 11.7 Å². The van der Waals surface area contributed by atoms with E-state index < -0.39 is 11.7 Å². The van der Waals surface area contributed by atoms with Gasteiger partial charge in [-0.3, -0.25) is 0 Å². The largest absolute Gasteiger partial charge is 0.380 e. The van der Waals surface area contributed by atoms with Crippen LogP contribution in [-0.2, 0) is 0 Å². The minimum atomic E-state index is -1.03. The van der Waals surface area contributed by atoms with Gasteiger partial charge < -0.3 is 10.2 Å². The van der Waals surface area contributed by atoms with E-state index >= 15 is 0 Å². The standard InChI is InChI=1S/C15H25IO2/c1-5-7-12(17)8-11-15(18)13(2,3)9-6-10-14(15,4)16/h12,17-18H,5-7,9-10H2,1-4H3. The van der Waals surface area contributed by atoms with Crippen molar-refractivity contribution in [3.05, 3.63) is 0 Å². The van der Waals surface area contributed by atoms with Crippen LogP contribution < -0.4 is 0 Å². The third kappa shape index (κ3) is 3.02. The lowest BCUT2D eigenvalue weighted by Gasteiger charge is -2.52. The van der Waals surface area contributed by atoms with Gasteiger partial charge in [-0.15, -0.1) is 0 Å². The van der Waals surface area contributed by atoms with Crippen LogP contribution in [0.3, 0.4) is 0 Å². The van der Waals surface area contributed by atoms with Crippen molar-refractivity contribution in [3.63, 3.8) is 0 Å². The summed E-state index contributed by atoms with van der Waals surface area (Å²) in [4.78, 5) is 0. The summed E-state index contributed by atoms with van der Waals surface area (Å²) in [6, 6.07) is 0. The summed E-state index contributed by atoms with van der Waals surface area (Å²) in [6.07, 6.45) is 4.00. The van der Waals surface area contributed by atoms with Crippen LogP contribution >= 0.6 is 22.6 Å². The lowest BCUT2D eigenvalue weighted by Crippen LogP contribution is -2.59. The summed E-state index contributed by atoms with van der Waals surface area (Å²) in [6.45, 7) is 8.23. The second-order valence-corrected chi connectivity index (χ2v) is 8.60. The molecule has 18 heavy (non-hydrogen) atoms. The number of rotatable bonds is 2. The smallest absolute Gasteiger partial charge is 0.144 e. The molecule has 104 valence electrons. The van der Waals surface area contributed by atoms with E-state index in [0.717, 1.165) is 25.7 Å². The number of hydrogen-bond acceptors (Lipinski definition) is 2. The predicted molar refractivity (Wildman–Crippen MR) is 83.7 cm³/mol. The molecule has 0 aliphatic heterocycles. The Hall–Kier alpha value is 0.210. The molecule has 1 rings (SSSR count). The average Bonchev–Trinajstić information content (AvgIpc) is 2.23. The van der Waals surface area contributed by atoms with E-state index in [2.05, 4.69) is 55.2 Å². The highest BCUT2D eigenvalue weighted by Gasteiger charge is 2.56. The van der Waals surface area contributed by atoms with Gasteiger partial charge in [0.2, 0.25) is 0 Å². The first kappa shape index (κ1) is 16.3. The molecule has 0 spiro atoms. The molecule has 2 nitrogen and oxygen atoms in total. The van der Waals surface area contributed by atoms with Crippen LogP contribution in [0.15, 0.2) is 0 Å². The number of aliphatic hydroxyl groups excluding tert-OH is 1. The fraction of sp³-hybridized carbons (Fsp3) is 0.867. The van der Waals surface area contributed by atoms with Gasteiger partial charge >= 0.3 is 0 Å². The Labute approximate surface area is 125 Å². The number of hydrogen-bond donors (Lipinski definition) is 2. The van der Waals surface area contributed by atoms with E-state index in [9.17, 15) is 10.2 Å². The highest BCUT2D eigenvalue weighted by Crippen LogP contribution is 2.53. The van der Waals surface area contributed by atoms with Gasteiger partial charge in [-0.2, -0.15) is 0 Å². The fourth-order valence-corrected chi connectivity index (χ4v) is 4.01. The molecule has 0 amide bonds. The van der Waals surface area contributed by atoms with Crippen molar-refractivity contribution < 1.29 is 10.2 Å². The molecule has 0 aromatic carbocycles. The normalized spacial score (nSPS) is 36.6. The van der Waals surface area contributed by atoms with E-state index in [-0.39, 0.29) is 8.84 Å². The quantitative estimate of drug-likeness (QED) is 0.449. The molecule has 0 bridgehead atoms. The third-order valence-corrected chi connectivity index (χ3v) is 5.48. The number of aliphatic hydroxyl groups is 2. The topological polar surface area (TPSA) is 40.5 Å². The molecular weight excluding hydrogens is 339 g/mol. The first-order chi connectivity index (χ1) is 8.16. The Morgan fingerprint density at radius 2 is 1.89 bits per heavy atom. The molecule has 1 aliphatic carbocycles. The maximum absolute atomic E-state index is 11.1. The van der Waals surface area contributed by atoms with Crippen molar-refractivity contribution >= 4 is 22.6 Å². The van der Waals surface area contributed by atoms with Gasteiger partial charge in [-0.1, -0.05) is 68.0 Å². The zero-order chi connectivity index (χ0) is 14.0. The molecule has 0 radical (unpaired) electrons. The lowest BCUT2D eigenvalue weighted by atomic mass is 9.61. The first-order valence-corrected chi connectivity index (χ1v) is 7.86. The van der Waals surface area contributed by atoms with Gasteiger partial charge in [0.25, 0.3) is 0 Å². The Kier molecular flexibility index (Phi) is 5.13. The van der Waals surface area contributed by atoms with Crippen molar-refractivity contribution in [3.8, 4) is 11.8 Å². The summed E-state index contributed by atoms with van der Waals surface area (Å²) in [5.41, 5.74) is -1.27. The molecule has 3 unspecified atom stereocenters. The zero-order valence-corrected chi connectivity index (χ0v) is 14.0. The number of halogens is 1. The maximum atomic E-state index is 11.1. The van der Waals surface area contributed by atoms with Gasteiger partial charge in [-0.25, -0.2) is 0 Å². The maximum Gasteiger partial charge on any atom is 0.144 e. The highest BCUT2D eigenvalue weighted by atomic mass is 127. The molecule has 0 saturated heterocycles. The van der Waals surface area contributed by atoms with Crippen LogP contribution in [0.1, 0.15) is 59.8 Å². The van der Waals surface area contributed by atoms with Crippen molar-refractivity contribution in [2.75, 3.05) is 0 Å². The van der Waals surface area contributed by atoms with E-state index in [0.29, 0.717) is 6.42 Å².